The Bertz CT molecular complexity index is 501. The molecule has 0 unspecified atom stereocenters. The highest BCUT2D eigenvalue weighted by Gasteiger charge is 1.98. The summed E-state index contributed by atoms with van der Waals surface area (Å²) in [6.45, 7) is 12.1. The lowest BCUT2D eigenvalue weighted by atomic mass is 10.3. The second kappa shape index (κ2) is 12.3. The van der Waals surface area contributed by atoms with Gasteiger partial charge in [0.25, 0.3) is 0 Å². The molecule has 0 aromatic heterocycles. The first-order chi connectivity index (χ1) is 10.8. The van der Waals surface area contributed by atoms with Crippen molar-refractivity contribution in [3.05, 3.63) is 61.2 Å². The van der Waals surface area contributed by atoms with Crippen molar-refractivity contribution in [2.75, 3.05) is 6.61 Å². The van der Waals surface area contributed by atoms with Crippen LogP contribution in [0.5, 0.6) is 23.0 Å². The summed E-state index contributed by atoms with van der Waals surface area (Å²) in [5.41, 5.74) is 0. The number of hydrogen-bond donors (Lipinski definition) is 1. The Kier molecular flexibility index (Phi) is 11.0. The molecule has 0 spiro atoms. The third-order valence-corrected chi connectivity index (χ3v) is 2.26. The van der Waals surface area contributed by atoms with E-state index in [0.29, 0.717) is 18.1 Å². The first-order valence-electron chi connectivity index (χ1n) is 7.58. The zero-order valence-corrected chi connectivity index (χ0v) is 13.9. The first-order valence-corrected chi connectivity index (χ1v) is 7.58. The van der Waals surface area contributed by atoms with E-state index < -0.39 is 0 Å². The third kappa shape index (κ3) is 7.39. The third-order valence-electron chi connectivity index (χ3n) is 2.26. The molecule has 3 heteroatoms. The lowest BCUT2D eigenvalue weighted by molar-refractivity contribution is 0.362. The summed E-state index contributed by atoms with van der Waals surface area (Å²) < 4.78 is 11.0. The van der Waals surface area contributed by atoms with Gasteiger partial charge in [-0.25, -0.2) is 0 Å². The largest absolute Gasteiger partial charge is 0.508 e. The lowest BCUT2D eigenvalue weighted by Gasteiger charge is -2.07. The van der Waals surface area contributed by atoms with Gasteiger partial charge in [0.1, 0.15) is 29.6 Å². The normalized spacial score (nSPS) is 8.55. The van der Waals surface area contributed by atoms with Crippen LogP contribution in [0.25, 0.3) is 0 Å². The average molecular weight is 302 g/mol. The quantitative estimate of drug-likeness (QED) is 0.709. The van der Waals surface area contributed by atoms with Crippen LogP contribution in [0.3, 0.4) is 0 Å². The lowest BCUT2D eigenvalue weighted by Crippen LogP contribution is -1.92. The van der Waals surface area contributed by atoms with Gasteiger partial charge in [0.15, 0.2) is 0 Å². The fourth-order valence-electron chi connectivity index (χ4n) is 1.41. The van der Waals surface area contributed by atoms with E-state index in [1.54, 1.807) is 30.3 Å². The van der Waals surface area contributed by atoms with E-state index in [0.717, 1.165) is 5.75 Å². The zero-order chi connectivity index (χ0) is 16.8. The molecule has 0 saturated carbocycles. The highest BCUT2D eigenvalue weighted by atomic mass is 16.5. The number of ether oxygens (including phenoxy) is 2. The molecular formula is C19H26O3. The van der Waals surface area contributed by atoms with Crippen LogP contribution in [-0.2, 0) is 0 Å². The molecule has 0 fully saturated rings. The van der Waals surface area contributed by atoms with Crippen LogP contribution in [0.15, 0.2) is 61.2 Å². The molecular weight excluding hydrogens is 276 g/mol. The Morgan fingerprint density at radius 2 is 1.23 bits per heavy atom. The van der Waals surface area contributed by atoms with E-state index in [2.05, 4.69) is 6.58 Å². The van der Waals surface area contributed by atoms with Crippen molar-refractivity contribution in [1.82, 2.24) is 0 Å². The molecule has 2 rings (SSSR count). The van der Waals surface area contributed by atoms with Crippen molar-refractivity contribution < 1.29 is 14.6 Å². The molecule has 120 valence electrons. The Morgan fingerprint density at radius 3 is 1.68 bits per heavy atom. The summed E-state index contributed by atoms with van der Waals surface area (Å²) in [6.07, 6.45) is 1.70. The molecule has 0 aliphatic carbocycles. The molecule has 0 atom stereocenters. The van der Waals surface area contributed by atoms with Gasteiger partial charge in [0.05, 0.1) is 0 Å². The van der Waals surface area contributed by atoms with Crippen LogP contribution in [0, 0.1) is 0 Å². The molecule has 0 radical (unpaired) electrons. The fraction of sp³-hybridized carbons (Fsp3) is 0.263. The number of phenolic OH excluding ortho intramolecular Hbond substituents is 1. The van der Waals surface area contributed by atoms with Crippen molar-refractivity contribution in [2.24, 2.45) is 0 Å². The Hall–Kier alpha value is -2.42. The summed E-state index contributed by atoms with van der Waals surface area (Å²) in [5, 5.41) is 9.16. The van der Waals surface area contributed by atoms with Gasteiger partial charge in [-0.2, -0.15) is 0 Å². The number of benzene rings is 2. The van der Waals surface area contributed by atoms with Crippen LogP contribution in [-0.4, -0.2) is 11.7 Å². The number of hydrogen-bond acceptors (Lipinski definition) is 3. The van der Waals surface area contributed by atoms with E-state index in [1.165, 1.54) is 0 Å². The molecule has 0 saturated heterocycles. The highest BCUT2D eigenvalue weighted by Crippen LogP contribution is 2.25. The molecule has 22 heavy (non-hydrogen) atoms. The average Bonchev–Trinajstić information content (AvgIpc) is 2.60. The van der Waals surface area contributed by atoms with Gasteiger partial charge in [-0.1, -0.05) is 40.3 Å². The molecule has 0 bridgehead atoms. The molecule has 0 amide bonds. The maximum Gasteiger partial charge on any atom is 0.127 e. The summed E-state index contributed by atoms with van der Waals surface area (Å²) in [4.78, 5) is 0. The minimum absolute atomic E-state index is 0.218. The number of phenols is 1. The van der Waals surface area contributed by atoms with Crippen LogP contribution < -0.4 is 9.47 Å². The SMILES string of the molecule is C=CCOc1ccc(Oc2ccc(O)cc2)cc1.CC.CC. The van der Waals surface area contributed by atoms with Crippen molar-refractivity contribution >= 4 is 0 Å². The second-order valence-electron chi connectivity index (χ2n) is 3.67. The standard InChI is InChI=1S/C15H14O3.2C2H6/c1-2-11-17-13-7-9-15(10-8-13)18-14-5-3-12(16)4-6-14;2*1-2/h2-10,16H,1,11H2;2*1-2H3. The second-order valence-corrected chi connectivity index (χ2v) is 3.67. The molecule has 2 aromatic rings. The van der Waals surface area contributed by atoms with E-state index in [9.17, 15) is 0 Å². The minimum Gasteiger partial charge on any atom is -0.508 e. The predicted molar refractivity (Wildman–Crippen MR) is 93.0 cm³/mol. The molecule has 2 aromatic carbocycles. The first kappa shape index (κ1) is 19.6. The van der Waals surface area contributed by atoms with Gasteiger partial charge in [0, 0.05) is 0 Å². The number of rotatable bonds is 5. The summed E-state index contributed by atoms with van der Waals surface area (Å²) in [5.74, 6) is 2.38. The number of aromatic hydroxyl groups is 1. The van der Waals surface area contributed by atoms with Crippen molar-refractivity contribution in [2.45, 2.75) is 27.7 Å². The van der Waals surface area contributed by atoms with E-state index >= 15 is 0 Å². The van der Waals surface area contributed by atoms with Gasteiger partial charge in [-0.05, 0) is 48.5 Å². The van der Waals surface area contributed by atoms with E-state index in [4.69, 9.17) is 14.6 Å². The van der Waals surface area contributed by atoms with Crippen molar-refractivity contribution in [3.63, 3.8) is 0 Å². The smallest absolute Gasteiger partial charge is 0.127 e. The van der Waals surface area contributed by atoms with Crippen molar-refractivity contribution in [1.29, 1.82) is 0 Å². The van der Waals surface area contributed by atoms with Gasteiger partial charge in [-0.15, -0.1) is 0 Å². The van der Waals surface area contributed by atoms with Crippen LogP contribution in [0.1, 0.15) is 27.7 Å². The molecule has 1 N–H and O–H groups in total. The molecule has 0 heterocycles. The topological polar surface area (TPSA) is 38.7 Å². The monoisotopic (exact) mass is 302 g/mol. The Labute approximate surface area is 133 Å². The maximum absolute atomic E-state index is 9.16. The van der Waals surface area contributed by atoms with Gasteiger partial charge in [0.2, 0.25) is 0 Å². The van der Waals surface area contributed by atoms with Crippen LogP contribution in [0.2, 0.25) is 0 Å². The van der Waals surface area contributed by atoms with Gasteiger partial charge >= 0.3 is 0 Å². The summed E-state index contributed by atoms with van der Waals surface area (Å²) in [7, 11) is 0. The fourth-order valence-corrected chi connectivity index (χ4v) is 1.41. The predicted octanol–water partition coefficient (Wildman–Crippen LogP) is 5.80. The molecule has 0 aliphatic heterocycles. The highest BCUT2D eigenvalue weighted by molar-refractivity contribution is 5.37. The Morgan fingerprint density at radius 1 is 0.818 bits per heavy atom. The van der Waals surface area contributed by atoms with Gasteiger partial charge < -0.3 is 14.6 Å². The maximum atomic E-state index is 9.16. The molecule has 3 nitrogen and oxygen atoms in total. The van der Waals surface area contributed by atoms with Crippen LogP contribution in [0.4, 0.5) is 0 Å². The minimum atomic E-state index is 0.218. The zero-order valence-electron chi connectivity index (χ0n) is 13.9. The van der Waals surface area contributed by atoms with Crippen LogP contribution >= 0.6 is 0 Å². The van der Waals surface area contributed by atoms with Gasteiger partial charge in [-0.3, -0.25) is 0 Å². The van der Waals surface area contributed by atoms with E-state index in [-0.39, 0.29) is 5.75 Å². The summed E-state index contributed by atoms with van der Waals surface area (Å²) in [6, 6.07) is 13.9. The summed E-state index contributed by atoms with van der Waals surface area (Å²) >= 11 is 0. The van der Waals surface area contributed by atoms with E-state index in [1.807, 2.05) is 52.0 Å². The molecule has 0 aliphatic rings. The Balaban J connectivity index is 0.00000102. The van der Waals surface area contributed by atoms with Crippen molar-refractivity contribution in [3.8, 4) is 23.0 Å².